The number of ketones is 2. The van der Waals surface area contributed by atoms with Crippen molar-refractivity contribution < 1.29 is 33.8 Å². The molecule has 0 saturated carbocycles. The summed E-state index contributed by atoms with van der Waals surface area (Å²) in [6.45, 7) is 10.1. The normalized spacial score (nSPS) is 16.7. The Morgan fingerprint density at radius 2 is 0.936 bits per heavy atom. The highest BCUT2D eigenvalue weighted by molar-refractivity contribution is 6.43. The van der Waals surface area contributed by atoms with E-state index >= 15 is 0 Å². The highest BCUT2D eigenvalue weighted by atomic mass is 35.5. The Morgan fingerprint density at radius 3 is 1.33 bits per heavy atom. The molecule has 3 aromatic heterocycles. The number of carbonyl (C=O) groups excluding carboxylic acids is 4. The maximum atomic E-state index is 12.6. The summed E-state index contributed by atoms with van der Waals surface area (Å²) in [6.07, 6.45) is 2.64. The van der Waals surface area contributed by atoms with E-state index in [-0.39, 0.29) is 17.8 Å². The zero-order valence-electron chi connectivity index (χ0n) is 44.0. The molecular weight excluding hydrogens is 1030 g/mol. The standard InChI is InChI=1S/C23H22ClN3O3.C22H20ClN3O3.C15H19N3O/c1-14-11-21(26-20-8-7-18(30-2)12-19(14)20)25-17-9-10-27(13-17)23(29)22(28)15-3-5-16(24)6-4-15;1-13-10-20(25-19-7-6-17(27)11-18(13)19)24-16-8-9-26(12-16)22(29)21(28)14-2-4-15(23)5-3-14;1-10-7-15(17-11-5-6-16-9-11)18-14-4-3-12(19-2)8-13(10)14/h3-8,11-12,17H,9-10,13H2,1-2H3,(H,25,26);2-7,10-11,16,27H,8-9,12H2,1H3,(H,24,25);3-4,7-8,11,16H,5-6,9H2,1-2H3,(H,17,18)/t17-;16-;11-/m000/s1. The Labute approximate surface area is 462 Å². The van der Waals surface area contributed by atoms with Crippen molar-refractivity contribution in [3.8, 4) is 17.2 Å². The third kappa shape index (κ3) is 13.2. The number of fused-ring (bicyclic) bond motifs is 3. The number of aryl methyl sites for hydroxylation is 3. The lowest BCUT2D eigenvalue weighted by Crippen LogP contribution is -2.36. The van der Waals surface area contributed by atoms with Gasteiger partial charge < -0.3 is 45.6 Å². The fourth-order valence-corrected chi connectivity index (χ4v) is 10.1. The predicted octanol–water partition coefficient (Wildman–Crippen LogP) is 10.2. The van der Waals surface area contributed by atoms with Crippen LogP contribution in [-0.2, 0) is 9.59 Å². The van der Waals surface area contributed by atoms with Crippen LogP contribution in [0.1, 0.15) is 56.7 Å². The van der Waals surface area contributed by atoms with Crippen molar-refractivity contribution in [2.45, 2.75) is 58.2 Å². The first kappa shape index (κ1) is 54.7. The van der Waals surface area contributed by atoms with Crippen molar-refractivity contribution >= 4 is 96.7 Å². The molecule has 3 saturated heterocycles. The molecule has 5 aromatic carbocycles. The van der Waals surface area contributed by atoms with Gasteiger partial charge in [0.1, 0.15) is 34.7 Å². The van der Waals surface area contributed by atoms with Crippen molar-refractivity contribution in [1.29, 1.82) is 0 Å². The van der Waals surface area contributed by atoms with Crippen molar-refractivity contribution in [2.24, 2.45) is 0 Å². The summed E-state index contributed by atoms with van der Waals surface area (Å²) >= 11 is 11.7. The van der Waals surface area contributed by atoms with Gasteiger partial charge in [0.05, 0.1) is 30.8 Å². The fourth-order valence-electron chi connectivity index (χ4n) is 9.87. The lowest BCUT2D eigenvalue weighted by Gasteiger charge is -2.17. The molecule has 6 heterocycles. The van der Waals surface area contributed by atoms with Crippen LogP contribution in [0.15, 0.2) is 121 Å². The lowest BCUT2D eigenvalue weighted by molar-refractivity contribution is -0.126. The van der Waals surface area contributed by atoms with Gasteiger partial charge in [0, 0.05) is 88.2 Å². The Balaban J connectivity index is 0.000000146. The number of halogens is 2. The van der Waals surface area contributed by atoms with E-state index < -0.39 is 23.4 Å². The summed E-state index contributed by atoms with van der Waals surface area (Å²) < 4.78 is 10.6. The van der Waals surface area contributed by atoms with Crippen LogP contribution in [0.5, 0.6) is 17.2 Å². The molecule has 2 amide bonds. The van der Waals surface area contributed by atoms with E-state index in [0.29, 0.717) is 59.2 Å². The first-order chi connectivity index (χ1) is 37.6. The molecule has 18 heteroatoms. The molecule has 3 aliphatic rings. The number of aromatic nitrogens is 3. The molecule has 0 spiro atoms. The largest absolute Gasteiger partial charge is 0.508 e. The number of amides is 2. The van der Waals surface area contributed by atoms with E-state index in [1.807, 2.05) is 62.4 Å². The van der Waals surface area contributed by atoms with Gasteiger partial charge in [0.15, 0.2) is 0 Å². The second-order valence-electron chi connectivity index (χ2n) is 19.7. The van der Waals surface area contributed by atoms with E-state index in [4.69, 9.17) is 32.7 Å². The molecule has 3 fully saturated rings. The number of hydrogen-bond acceptors (Lipinski definition) is 14. The predicted molar refractivity (Wildman–Crippen MR) is 308 cm³/mol. The van der Waals surface area contributed by atoms with Crippen LogP contribution in [0.2, 0.25) is 10.0 Å². The number of pyridine rings is 3. The van der Waals surface area contributed by atoms with E-state index in [0.717, 1.165) is 99.3 Å². The SMILES string of the molecule is COc1ccc2nc(N[C@H]3CCN(C(=O)C(=O)c4ccc(Cl)cc4)C3)cc(C)c2c1.COc1ccc2nc(N[C@H]3CCNC3)cc(C)c2c1.Cc1cc(N[C@H]2CCN(C(=O)C(=O)c3ccc(Cl)cc3)C2)nc2ccc(O)cc12. The average Bonchev–Trinajstić information content (AvgIpc) is 4.29. The number of nitrogens with one attached hydrogen (secondary N) is 4. The molecule has 11 rings (SSSR count). The van der Waals surface area contributed by atoms with Gasteiger partial charge in [-0.3, -0.25) is 19.2 Å². The number of phenolic OH excluding ortho intramolecular Hbond substituents is 1. The molecule has 3 aliphatic heterocycles. The van der Waals surface area contributed by atoms with Gasteiger partial charge in [-0.2, -0.15) is 0 Å². The number of aromatic hydroxyl groups is 1. The van der Waals surface area contributed by atoms with Gasteiger partial charge >= 0.3 is 0 Å². The van der Waals surface area contributed by atoms with E-state index in [1.165, 1.54) is 5.56 Å². The quantitative estimate of drug-likeness (QED) is 0.0572. The molecule has 3 atom stereocenters. The summed E-state index contributed by atoms with van der Waals surface area (Å²) in [5.41, 5.74) is 6.67. The minimum Gasteiger partial charge on any atom is -0.508 e. The molecule has 5 N–H and O–H groups in total. The van der Waals surface area contributed by atoms with Crippen LogP contribution < -0.4 is 30.7 Å². The maximum Gasteiger partial charge on any atom is 0.295 e. The maximum absolute atomic E-state index is 12.6. The van der Waals surface area contributed by atoms with Gasteiger partial charge in [0.2, 0.25) is 11.6 Å². The highest BCUT2D eigenvalue weighted by Gasteiger charge is 2.32. The Kier molecular flexibility index (Phi) is 17.2. The van der Waals surface area contributed by atoms with Gasteiger partial charge in [-0.1, -0.05) is 23.2 Å². The highest BCUT2D eigenvalue weighted by Crippen LogP contribution is 2.29. The summed E-state index contributed by atoms with van der Waals surface area (Å²) in [6, 6.07) is 36.1. The van der Waals surface area contributed by atoms with Crippen LogP contribution in [0, 0.1) is 20.8 Å². The minimum absolute atomic E-state index is 0.0124. The van der Waals surface area contributed by atoms with Gasteiger partial charge in [-0.25, -0.2) is 15.0 Å². The number of rotatable bonds is 12. The summed E-state index contributed by atoms with van der Waals surface area (Å²) in [7, 11) is 3.33. The first-order valence-corrected chi connectivity index (χ1v) is 26.6. The van der Waals surface area contributed by atoms with Crippen LogP contribution >= 0.6 is 23.2 Å². The second kappa shape index (κ2) is 24.5. The van der Waals surface area contributed by atoms with Gasteiger partial charge in [0.25, 0.3) is 11.8 Å². The monoisotopic (exact) mass is 1090 g/mol. The van der Waals surface area contributed by atoms with Crippen molar-refractivity contribution in [3.05, 3.63) is 159 Å². The number of nitrogens with zero attached hydrogens (tertiary/aromatic N) is 5. The smallest absolute Gasteiger partial charge is 0.295 e. The topological polar surface area (TPSA) is 200 Å². The number of ether oxygens (including phenoxy) is 2. The van der Waals surface area contributed by atoms with Crippen LogP contribution in [0.25, 0.3) is 32.7 Å². The number of benzene rings is 5. The molecule has 0 aliphatic carbocycles. The summed E-state index contributed by atoms with van der Waals surface area (Å²) in [4.78, 5) is 67.2. The Bertz CT molecular complexity index is 3520. The summed E-state index contributed by atoms with van der Waals surface area (Å²) in [5, 5.41) is 27.4. The number of methoxy groups -OCH3 is 2. The second-order valence-corrected chi connectivity index (χ2v) is 20.6. The zero-order chi connectivity index (χ0) is 55.0. The fraction of sp³-hybridized carbons (Fsp3) is 0.283. The number of phenols is 1. The van der Waals surface area contributed by atoms with Crippen LogP contribution in [0.3, 0.4) is 0 Å². The van der Waals surface area contributed by atoms with Gasteiger partial charge in [-0.15, -0.1) is 0 Å². The van der Waals surface area contributed by atoms with Crippen LogP contribution in [-0.4, -0.2) is 125 Å². The third-order valence-corrected chi connectivity index (χ3v) is 14.6. The third-order valence-electron chi connectivity index (χ3n) is 14.1. The van der Waals surface area contributed by atoms with Crippen molar-refractivity contribution in [2.75, 3.05) is 69.4 Å². The summed E-state index contributed by atoms with van der Waals surface area (Å²) in [5.74, 6) is 2.27. The molecule has 78 heavy (non-hydrogen) atoms. The molecule has 8 aromatic rings. The number of carbonyl (C=O) groups is 4. The molecule has 402 valence electrons. The molecular formula is C60H61Cl2N9O7. The van der Waals surface area contributed by atoms with E-state index in [9.17, 15) is 24.3 Å². The van der Waals surface area contributed by atoms with Crippen LogP contribution in [0.4, 0.5) is 17.5 Å². The Hall–Kier alpha value is -8.05. The number of likely N-dealkylation sites (tertiary alicyclic amines) is 2. The molecule has 16 nitrogen and oxygen atoms in total. The number of anilines is 3. The zero-order valence-corrected chi connectivity index (χ0v) is 45.5. The van der Waals surface area contributed by atoms with Crippen molar-refractivity contribution in [1.82, 2.24) is 30.1 Å². The first-order valence-electron chi connectivity index (χ1n) is 25.8. The van der Waals surface area contributed by atoms with E-state index in [2.05, 4.69) is 49.2 Å². The molecule has 0 radical (unpaired) electrons. The Morgan fingerprint density at radius 1 is 0.538 bits per heavy atom. The minimum atomic E-state index is -0.526. The number of hydrogen-bond donors (Lipinski definition) is 5. The number of Topliss-reactive ketones (excluding diaryl/α,β-unsaturated/α-hetero) is 2. The van der Waals surface area contributed by atoms with Gasteiger partial charge in [-0.05, 0) is 185 Å². The lowest BCUT2D eigenvalue weighted by atomic mass is 10.1. The van der Waals surface area contributed by atoms with E-state index in [1.54, 1.807) is 90.7 Å². The average molecular weight is 1090 g/mol. The molecule has 0 bridgehead atoms. The van der Waals surface area contributed by atoms with Crippen molar-refractivity contribution in [3.63, 3.8) is 0 Å². The molecule has 0 unspecified atom stereocenters.